The number of nitrogens with zero attached hydrogens (tertiary/aromatic N) is 1. The van der Waals surface area contributed by atoms with Crippen LogP contribution in [0.3, 0.4) is 0 Å². The molecule has 0 saturated heterocycles. The highest BCUT2D eigenvalue weighted by Gasteiger charge is 2.12. The van der Waals surface area contributed by atoms with E-state index in [9.17, 15) is 14.0 Å². The lowest BCUT2D eigenvalue weighted by molar-refractivity contribution is -0.120. The predicted octanol–water partition coefficient (Wildman–Crippen LogP) is 0.0760. The molecule has 2 rings (SSSR count). The number of hydrogen-bond acceptors (Lipinski definition) is 5. The molecule has 0 saturated carbocycles. The summed E-state index contributed by atoms with van der Waals surface area (Å²) in [5.41, 5.74) is 8.94. The summed E-state index contributed by atoms with van der Waals surface area (Å²) in [7, 11) is 0. The lowest BCUT2D eigenvalue weighted by Gasteiger charge is -2.09. The number of nitrogens with one attached hydrogen (secondary N) is 4. The number of aromatic amines is 1. The van der Waals surface area contributed by atoms with Crippen LogP contribution in [-0.4, -0.2) is 35.0 Å². The Hall–Kier alpha value is -3.27. The number of guanidine groups is 1. The summed E-state index contributed by atoms with van der Waals surface area (Å²) in [5, 5.41) is 9.56. The summed E-state index contributed by atoms with van der Waals surface area (Å²) < 4.78 is 13.3. The predicted molar refractivity (Wildman–Crippen MR) is 101 cm³/mol. The molecule has 150 valence electrons. The molecule has 9 nitrogen and oxygen atoms in total. The molecule has 0 bridgehead atoms. The van der Waals surface area contributed by atoms with Gasteiger partial charge >= 0.3 is 0 Å². The number of nitrogens with two attached hydrogens (primary N) is 1. The number of halogens is 1. The van der Waals surface area contributed by atoms with Gasteiger partial charge in [-0.25, -0.2) is 14.9 Å². The smallest absolute Gasteiger partial charge is 0.269 e. The highest BCUT2D eigenvalue weighted by Crippen LogP contribution is 2.08. The number of carbonyl (C=O) groups is 1. The van der Waals surface area contributed by atoms with Gasteiger partial charge < -0.3 is 16.0 Å². The molecule has 0 aliphatic heterocycles. The highest BCUT2D eigenvalue weighted by molar-refractivity contribution is 5.78. The van der Waals surface area contributed by atoms with Gasteiger partial charge in [-0.2, -0.15) is 0 Å². The largest absolute Gasteiger partial charge is 0.368 e. The van der Waals surface area contributed by atoms with Gasteiger partial charge in [0.25, 0.3) is 5.56 Å². The first-order valence-electron chi connectivity index (χ1n) is 8.67. The minimum atomic E-state index is -0.330. The van der Waals surface area contributed by atoms with E-state index in [1.54, 1.807) is 19.1 Å². The SMILES string of the molecule is Cc1[nH]c(=O)c(CCc2cccc(F)c2)nc1CC(=O)NCCONC(=N)N. The average molecular weight is 390 g/mol. The highest BCUT2D eigenvalue weighted by atomic mass is 19.1. The first kappa shape index (κ1) is 21.0. The maximum atomic E-state index is 13.3. The van der Waals surface area contributed by atoms with Crippen LogP contribution < -0.4 is 22.1 Å². The van der Waals surface area contributed by atoms with Crippen molar-refractivity contribution < 1.29 is 14.0 Å². The molecule has 0 aliphatic rings. The number of carbonyl (C=O) groups excluding carboxylic acids is 1. The molecule has 0 radical (unpaired) electrons. The molecule has 6 N–H and O–H groups in total. The normalized spacial score (nSPS) is 10.5. The first-order valence-corrected chi connectivity index (χ1v) is 8.67. The fourth-order valence-corrected chi connectivity index (χ4v) is 2.49. The fraction of sp³-hybridized carbons (Fsp3) is 0.333. The van der Waals surface area contributed by atoms with Gasteiger partial charge in [-0.1, -0.05) is 12.1 Å². The zero-order valence-electron chi connectivity index (χ0n) is 15.5. The minimum absolute atomic E-state index is 0.00425. The third-order valence-corrected chi connectivity index (χ3v) is 3.84. The number of hydroxylamine groups is 1. The van der Waals surface area contributed by atoms with E-state index in [1.165, 1.54) is 12.1 Å². The zero-order chi connectivity index (χ0) is 20.5. The first-order chi connectivity index (χ1) is 13.3. The van der Waals surface area contributed by atoms with Crippen LogP contribution in [0.1, 0.15) is 22.6 Å². The van der Waals surface area contributed by atoms with Gasteiger partial charge in [-0.05, 0) is 37.5 Å². The van der Waals surface area contributed by atoms with Crippen molar-refractivity contribution in [1.82, 2.24) is 20.8 Å². The van der Waals surface area contributed by atoms with Crippen molar-refractivity contribution in [3.05, 3.63) is 63.1 Å². The number of benzene rings is 1. The molecule has 0 unspecified atom stereocenters. The quantitative estimate of drug-likeness (QED) is 0.177. The number of hydrogen-bond donors (Lipinski definition) is 5. The molecule has 10 heteroatoms. The Balaban J connectivity index is 1.93. The Kier molecular flexibility index (Phi) is 7.64. The van der Waals surface area contributed by atoms with E-state index < -0.39 is 0 Å². The molecule has 0 spiro atoms. The summed E-state index contributed by atoms with van der Waals surface area (Å²) in [4.78, 5) is 36.0. The van der Waals surface area contributed by atoms with Gasteiger partial charge in [0.05, 0.1) is 18.7 Å². The zero-order valence-corrected chi connectivity index (χ0v) is 15.5. The lowest BCUT2D eigenvalue weighted by Crippen LogP contribution is -2.35. The Morgan fingerprint density at radius 2 is 2.14 bits per heavy atom. The van der Waals surface area contributed by atoms with E-state index in [-0.39, 0.29) is 42.8 Å². The molecule has 0 atom stereocenters. The molecule has 0 aliphatic carbocycles. The van der Waals surface area contributed by atoms with Crippen LogP contribution in [-0.2, 0) is 28.9 Å². The summed E-state index contributed by atoms with van der Waals surface area (Å²) >= 11 is 0. The monoisotopic (exact) mass is 390 g/mol. The van der Waals surface area contributed by atoms with Crippen molar-refractivity contribution >= 4 is 11.9 Å². The third-order valence-electron chi connectivity index (χ3n) is 3.84. The molecule has 28 heavy (non-hydrogen) atoms. The van der Waals surface area contributed by atoms with Gasteiger partial charge in [0.15, 0.2) is 0 Å². The van der Waals surface area contributed by atoms with Crippen LogP contribution in [0, 0.1) is 18.2 Å². The summed E-state index contributed by atoms with van der Waals surface area (Å²) in [6.07, 6.45) is 0.789. The number of aromatic nitrogens is 2. The Morgan fingerprint density at radius 3 is 2.86 bits per heavy atom. The molecule has 1 aromatic heterocycles. The third kappa shape index (κ3) is 6.80. The molecule has 0 fully saturated rings. The minimum Gasteiger partial charge on any atom is -0.368 e. The summed E-state index contributed by atoms with van der Waals surface area (Å²) in [5.74, 6) is -0.946. The second-order valence-electron chi connectivity index (χ2n) is 6.11. The van der Waals surface area contributed by atoms with Crippen LogP contribution >= 0.6 is 0 Å². The summed E-state index contributed by atoms with van der Waals surface area (Å²) in [6, 6.07) is 6.17. The van der Waals surface area contributed by atoms with Crippen LogP contribution in [0.25, 0.3) is 0 Å². The van der Waals surface area contributed by atoms with Crippen LogP contribution in [0.15, 0.2) is 29.1 Å². The fourth-order valence-electron chi connectivity index (χ4n) is 2.49. The maximum absolute atomic E-state index is 13.3. The Labute approximate surface area is 161 Å². The van der Waals surface area contributed by atoms with Gasteiger partial charge in [-0.15, -0.1) is 0 Å². The Bertz CT molecular complexity index is 899. The van der Waals surface area contributed by atoms with E-state index in [4.69, 9.17) is 16.0 Å². The van der Waals surface area contributed by atoms with E-state index in [0.717, 1.165) is 5.56 Å². The molecular weight excluding hydrogens is 367 g/mol. The molecule has 1 aromatic carbocycles. The molecule has 1 amide bonds. The van der Waals surface area contributed by atoms with Crippen LogP contribution in [0.2, 0.25) is 0 Å². The van der Waals surface area contributed by atoms with Gasteiger partial charge in [0, 0.05) is 12.2 Å². The van der Waals surface area contributed by atoms with E-state index in [2.05, 4.69) is 20.8 Å². The maximum Gasteiger partial charge on any atom is 0.269 e. The second kappa shape index (κ2) is 10.2. The van der Waals surface area contributed by atoms with E-state index in [0.29, 0.717) is 29.9 Å². The lowest BCUT2D eigenvalue weighted by atomic mass is 10.1. The summed E-state index contributed by atoms with van der Waals surface area (Å²) in [6.45, 7) is 2.02. The van der Waals surface area contributed by atoms with Crippen molar-refractivity contribution in [2.75, 3.05) is 13.2 Å². The number of H-pyrrole nitrogens is 1. The second-order valence-corrected chi connectivity index (χ2v) is 6.11. The van der Waals surface area contributed by atoms with Gasteiger partial charge in [0.1, 0.15) is 11.5 Å². The number of amides is 1. The van der Waals surface area contributed by atoms with E-state index in [1.807, 2.05) is 0 Å². The van der Waals surface area contributed by atoms with Crippen molar-refractivity contribution in [2.24, 2.45) is 5.73 Å². The van der Waals surface area contributed by atoms with Gasteiger partial charge in [0.2, 0.25) is 11.9 Å². The number of aryl methyl sites for hydroxylation is 3. The topological polar surface area (TPSA) is 146 Å². The molecular formula is C18H23FN6O3. The Morgan fingerprint density at radius 1 is 1.36 bits per heavy atom. The van der Waals surface area contributed by atoms with Gasteiger partial charge in [-0.3, -0.25) is 19.8 Å². The van der Waals surface area contributed by atoms with Crippen molar-refractivity contribution in [3.8, 4) is 0 Å². The van der Waals surface area contributed by atoms with Crippen molar-refractivity contribution in [1.29, 1.82) is 5.41 Å². The average Bonchev–Trinajstić information content (AvgIpc) is 2.62. The van der Waals surface area contributed by atoms with Crippen LogP contribution in [0.5, 0.6) is 0 Å². The van der Waals surface area contributed by atoms with Crippen molar-refractivity contribution in [2.45, 2.75) is 26.2 Å². The van der Waals surface area contributed by atoms with E-state index >= 15 is 0 Å². The molecule has 1 heterocycles. The standard InChI is InChI=1S/C18H23FN6O3/c1-11-15(10-16(26)22-7-8-28-25-18(20)21)24-14(17(27)23-11)6-5-12-3-2-4-13(19)9-12/h2-4,9H,5-8,10H2,1H3,(H,22,26)(H,23,27)(H4,20,21,25). The van der Waals surface area contributed by atoms with Crippen LogP contribution in [0.4, 0.5) is 4.39 Å². The van der Waals surface area contributed by atoms with Crippen molar-refractivity contribution in [3.63, 3.8) is 0 Å². The number of rotatable bonds is 9. The molecule has 2 aromatic rings.